The van der Waals surface area contributed by atoms with Gasteiger partial charge in [0.1, 0.15) is 6.26 Å². The predicted molar refractivity (Wildman–Crippen MR) is 127 cm³/mol. The minimum absolute atomic E-state index is 0.0116. The van der Waals surface area contributed by atoms with Crippen LogP contribution in [0.5, 0.6) is 0 Å². The van der Waals surface area contributed by atoms with Crippen LogP contribution in [0.2, 0.25) is 0 Å². The van der Waals surface area contributed by atoms with Crippen LogP contribution in [0.1, 0.15) is 51.6 Å². The zero-order valence-electron chi connectivity index (χ0n) is 19.6. The third-order valence-electron chi connectivity index (χ3n) is 5.85. The lowest BCUT2D eigenvalue weighted by Gasteiger charge is -2.29. The maximum absolute atomic E-state index is 13.6. The second-order valence-electron chi connectivity index (χ2n) is 8.31. The Morgan fingerprint density at radius 3 is 2.42 bits per heavy atom. The Morgan fingerprint density at radius 1 is 1.00 bits per heavy atom. The summed E-state index contributed by atoms with van der Waals surface area (Å²) in [5.41, 5.74) is 1.38. The third kappa shape index (κ3) is 6.37. The van der Waals surface area contributed by atoms with Crippen molar-refractivity contribution >= 4 is 5.91 Å². The fraction of sp³-hybridized carbons (Fsp3) is 0.222. The Kier molecular flexibility index (Phi) is 7.80. The first kappa shape index (κ1) is 25.1. The predicted octanol–water partition coefficient (Wildman–Crippen LogP) is 5.78. The number of aromatic nitrogens is 2. The highest BCUT2D eigenvalue weighted by molar-refractivity contribution is 5.91. The number of nitrogens with one attached hydrogen (secondary N) is 1. The molecule has 1 atom stereocenters. The molecular formula is C27H25F3N4O2. The number of hydrogen-bond acceptors (Lipinski definition) is 5. The Balaban J connectivity index is 1.53. The molecule has 1 N–H and O–H groups in total. The second-order valence-corrected chi connectivity index (χ2v) is 8.31. The van der Waals surface area contributed by atoms with Gasteiger partial charge < -0.3 is 9.73 Å². The highest BCUT2D eigenvalue weighted by Gasteiger charge is 2.34. The summed E-state index contributed by atoms with van der Waals surface area (Å²) in [5, 5.41) is 2.77. The number of hydrogen-bond donors (Lipinski definition) is 1. The van der Waals surface area contributed by atoms with Gasteiger partial charge in [-0.1, -0.05) is 48.5 Å². The number of halogens is 3. The monoisotopic (exact) mass is 494 g/mol. The average Bonchev–Trinajstić information content (AvgIpc) is 3.36. The summed E-state index contributed by atoms with van der Waals surface area (Å²) in [5.74, 6) is -0.178. The van der Waals surface area contributed by atoms with Gasteiger partial charge in [-0.15, -0.1) is 0 Å². The first-order chi connectivity index (χ1) is 17.3. The lowest BCUT2D eigenvalue weighted by atomic mass is 10.0. The molecule has 186 valence electrons. The number of alkyl halides is 3. The summed E-state index contributed by atoms with van der Waals surface area (Å²) in [6.07, 6.45) is 0.0533. The second kappa shape index (κ2) is 11.2. The van der Waals surface area contributed by atoms with Crippen molar-refractivity contribution in [2.75, 3.05) is 0 Å². The van der Waals surface area contributed by atoms with Crippen LogP contribution in [0.4, 0.5) is 13.2 Å². The number of benzene rings is 2. The molecule has 4 aromatic rings. The molecule has 6 nitrogen and oxygen atoms in total. The zero-order valence-corrected chi connectivity index (χ0v) is 19.6. The van der Waals surface area contributed by atoms with Crippen molar-refractivity contribution in [3.05, 3.63) is 119 Å². The average molecular weight is 495 g/mol. The molecule has 1 amide bonds. The maximum atomic E-state index is 13.6. The summed E-state index contributed by atoms with van der Waals surface area (Å²) in [4.78, 5) is 22.6. The van der Waals surface area contributed by atoms with Crippen LogP contribution >= 0.6 is 0 Å². The molecule has 4 rings (SSSR count). The van der Waals surface area contributed by atoms with E-state index in [0.29, 0.717) is 6.54 Å². The molecule has 0 bridgehead atoms. The molecular weight excluding hydrogens is 469 g/mol. The molecule has 0 aliphatic rings. The van der Waals surface area contributed by atoms with Gasteiger partial charge in [0.05, 0.1) is 12.1 Å². The van der Waals surface area contributed by atoms with Crippen LogP contribution in [-0.2, 0) is 25.8 Å². The molecule has 2 heterocycles. The Bertz CT molecular complexity index is 1280. The first-order valence-corrected chi connectivity index (χ1v) is 11.4. The van der Waals surface area contributed by atoms with Crippen LogP contribution in [-0.4, -0.2) is 20.8 Å². The van der Waals surface area contributed by atoms with E-state index in [1.165, 1.54) is 18.4 Å². The van der Waals surface area contributed by atoms with Crippen molar-refractivity contribution in [1.82, 2.24) is 20.2 Å². The number of nitrogens with zero attached hydrogens (tertiary/aromatic N) is 3. The minimum Gasteiger partial charge on any atom is -0.447 e. The summed E-state index contributed by atoms with van der Waals surface area (Å²) >= 11 is 0. The fourth-order valence-electron chi connectivity index (χ4n) is 3.86. The Labute approximate surface area is 206 Å². The quantitative estimate of drug-likeness (QED) is 0.319. The molecule has 0 spiro atoms. The van der Waals surface area contributed by atoms with E-state index >= 15 is 0 Å². The summed E-state index contributed by atoms with van der Waals surface area (Å²) in [6, 6.07) is 18.3. The SMILES string of the molecule is CC(c1ccccc1)N(Cc1nc(C(=O)NCc2ccncc2)co1)Cc1ccccc1C(F)(F)F. The van der Waals surface area contributed by atoms with E-state index in [9.17, 15) is 18.0 Å². The van der Waals surface area contributed by atoms with E-state index in [2.05, 4.69) is 15.3 Å². The number of pyridine rings is 1. The van der Waals surface area contributed by atoms with Gasteiger partial charge in [-0.3, -0.25) is 14.7 Å². The highest BCUT2D eigenvalue weighted by Crippen LogP contribution is 2.34. The van der Waals surface area contributed by atoms with E-state index in [4.69, 9.17) is 4.42 Å². The van der Waals surface area contributed by atoms with Crippen molar-refractivity contribution in [2.45, 2.75) is 38.8 Å². The smallest absolute Gasteiger partial charge is 0.416 e. The van der Waals surface area contributed by atoms with Crippen molar-refractivity contribution in [3.63, 3.8) is 0 Å². The molecule has 0 aliphatic carbocycles. The molecule has 0 radical (unpaired) electrons. The van der Waals surface area contributed by atoms with E-state index in [0.717, 1.165) is 17.2 Å². The molecule has 9 heteroatoms. The number of carbonyl (C=O) groups is 1. The van der Waals surface area contributed by atoms with Crippen molar-refractivity contribution in [3.8, 4) is 0 Å². The number of carbonyl (C=O) groups excluding carboxylic acids is 1. The molecule has 2 aromatic heterocycles. The fourth-order valence-corrected chi connectivity index (χ4v) is 3.86. The van der Waals surface area contributed by atoms with Crippen molar-refractivity contribution < 1.29 is 22.4 Å². The summed E-state index contributed by atoms with van der Waals surface area (Å²) in [7, 11) is 0. The molecule has 1 unspecified atom stereocenters. The van der Waals surface area contributed by atoms with Gasteiger partial charge in [0, 0.05) is 31.5 Å². The van der Waals surface area contributed by atoms with E-state index in [-0.39, 0.29) is 36.3 Å². The zero-order chi connectivity index (χ0) is 25.5. The topological polar surface area (TPSA) is 71.3 Å². The van der Waals surface area contributed by atoms with Gasteiger partial charge in [0.2, 0.25) is 5.89 Å². The van der Waals surface area contributed by atoms with Gasteiger partial charge in [0.15, 0.2) is 5.69 Å². The lowest BCUT2D eigenvalue weighted by Crippen LogP contribution is -2.28. The van der Waals surface area contributed by atoms with Gasteiger partial charge >= 0.3 is 6.18 Å². The van der Waals surface area contributed by atoms with Crippen molar-refractivity contribution in [2.24, 2.45) is 0 Å². The van der Waals surface area contributed by atoms with Crippen LogP contribution in [0.25, 0.3) is 0 Å². The van der Waals surface area contributed by atoms with Gasteiger partial charge in [-0.05, 0) is 41.8 Å². The maximum Gasteiger partial charge on any atom is 0.416 e. The molecule has 0 saturated carbocycles. The summed E-state index contributed by atoms with van der Waals surface area (Å²) in [6.45, 7) is 2.34. The van der Waals surface area contributed by atoms with Gasteiger partial charge in [-0.2, -0.15) is 13.2 Å². The normalized spacial score (nSPS) is 12.5. The minimum atomic E-state index is -4.47. The van der Waals surface area contributed by atoms with Crippen molar-refractivity contribution in [1.29, 1.82) is 0 Å². The number of rotatable bonds is 9. The lowest BCUT2D eigenvalue weighted by molar-refractivity contribution is -0.138. The first-order valence-electron chi connectivity index (χ1n) is 11.4. The third-order valence-corrected chi connectivity index (χ3v) is 5.85. The van der Waals surface area contributed by atoms with Crippen LogP contribution in [0, 0.1) is 0 Å². The van der Waals surface area contributed by atoms with E-state index < -0.39 is 17.6 Å². The van der Waals surface area contributed by atoms with Crippen LogP contribution < -0.4 is 5.32 Å². The van der Waals surface area contributed by atoms with Crippen LogP contribution in [0.3, 0.4) is 0 Å². The van der Waals surface area contributed by atoms with E-state index in [1.807, 2.05) is 42.2 Å². The highest BCUT2D eigenvalue weighted by atomic mass is 19.4. The summed E-state index contributed by atoms with van der Waals surface area (Å²) < 4.78 is 46.5. The Hall–Kier alpha value is -3.98. The Morgan fingerprint density at radius 2 is 1.69 bits per heavy atom. The van der Waals surface area contributed by atoms with Gasteiger partial charge in [0.25, 0.3) is 5.91 Å². The molecule has 0 aliphatic heterocycles. The standard InChI is InChI=1S/C27H25F3N4O2/c1-19(21-7-3-2-4-8-21)34(16-22-9-5-6-10-23(22)27(28,29)30)17-25-33-24(18-36-25)26(35)32-15-20-11-13-31-14-12-20/h2-14,18-19H,15-17H2,1H3,(H,32,35). The van der Waals surface area contributed by atoms with E-state index in [1.54, 1.807) is 30.6 Å². The molecule has 0 fully saturated rings. The molecule has 0 saturated heterocycles. The van der Waals surface area contributed by atoms with Gasteiger partial charge in [-0.25, -0.2) is 4.98 Å². The molecule has 36 heavy (non-hydrogen) atoms. The number of amides is 1. The molecule has 2 aromatic carbocycles. The van der Waals surface area contributed by atoms with Crippen LogP contribution in [0.15, 0.2) is 89.8 Å². The number of oxazole rings is 1. The largest absolute Gasteiger partial charge is 0.447 e.